The number of benzene rings is 2. The van der Waals surface area contributed by atoms with E-state index in [-0.39, 0.29) is 23.6 Å². The third-order valence-electron chi connectivity index (χ3n) is 6.15. The van der Waals surface area contributed by atoms with Crippen LogP contribution in [-0.4, -0.2) is 24.9 Å². The van der Waals surface area contributed by atoms with E-state index in [2.05, 4.69) is 16.4 Å². The molecule has 4 aromatic rings. The number of hydrogen-bond donors (Lipinski definition) is 3. The van der Waals surface area contributed by atoms with Gasteiger partial charge in [-0.3, -0.25) is 4.98 Å². The molecular weight excluding hydrogens is 432 g/mol. The average Bonchev–Trinajstić information content (AvgIpc) is 3.30. The van der Waals surface area contributed by atoms with Crippen molar-refractivity contribution in [2.45, 2.75) is 25.9 Å². The number of nitrogens with zero attached hydrogens (tertiary/aromatic N) is 3. The van der Waals surface area contributed by atoms with Gasteiger partial charge in [0.1, 0.15) is 11.5 Å². The van der Waals surface area contributed by atoms with Gasteiger partial charge in [0.25, 0.3) is 0 Å². The number of pyridine rings is 1. The van der Waals surface area contributed by atoms with Crippen LogP contribution >= 0.6 is 12.2 Å². The summed E-state index contributed by atoms with van der Waals surface area (Å²) in [4.78, 5) is 6.55. The first-order valence-electron chi connectivity index (χ1n) is 10.7. The van der Waals surface area contributed by atoms with Crippen molar-refractivity contribution in [3.05, 3.63) is 102 Å². The number of phenols is 2. The van der Waals surface area contributed by atoms with Crippen molar-refractivity contribution in [2.24, 2.45) is 0 Å². The number of para-hydroxylation sites is 4. The Kier molecular flexibility index (Phi) is 5.26. The molecule has 0 amide bonds. The molecule has 0 aliphatic carbocycles. The van der Waals surface area contributed by atoms with Gasteiger partial charge in [-0.15, -0.1) is 0 Å². The zero-order valence-electron chi connectivity index (χ0n) is 18.3. The number of aromatic hydroxyl groups is 2. The fourth-order valence-corrected chi connectivity index (χ4v) is 5.05. The number of anilines is 1. The van der Waals surface area contributed by atoms with Gasteiger partial charge in [0.2, 0.25) is 0 Å². The zero-order valence-corrected chi connectivity index (χ0v) is 19.1. The van der Waals surface area contributed by atoms with Crippen LogP contribution in [-0.2, 0) is 0 Å². The SMILES string of the molecule is Cc1cc([C@H]2[C@@H](c3ccccn3)NC(=S)N2c2ccccc2O)c(C)n1-c1ccccc1O. The number of nitrogens with one attached hydrogen (secondary N) is 1. The predicted molar refractivity (Wildman–Crippen MR) is 133 cm³/mol. The Morgan fingerprint density at radius 1 is 0.879 bits per heavy atom. The van der Waals surface area contributed by atoms with Gasteiger partial charge in [0, 0.05) is 17.6 Å². The molecule has 2 aromatic heterocycles. The number of rotatable bonds is 4. The highest BCUT2D eigenvalue weighted by molar-refractivity contribution is 7.80. The van der Waals surface area contributed by atoms with E-state index in [9.17, 15) is 10.2 Å². The molecule has 0 saturated carbocycles. The van der Waals surface area contributed by atoms with Gasteiger partial charge in [0.15, 0.2) is 5.11 Å². The van der Waals surface area contributed by atoms with Gasteiger partial charge in [0.05, 0.1) is 29.2 Å². The Hall–Kier alpha value is -3.84. The minimum Gasteiger partial charge on any atom is -0.506 e. The third-order valence-corrected chi connectivity index (χ3v) is 6.47. The van der Waals surface area contributed by atoms with Crippen LogP contribution in [0.2, 0.25) is 0 Å². The topological polar surface area (TPSA) is 73.5 Å². The standard InChI is InChI=1S/C26H24N4O2S/c1-16-15-18(17(2)29(16)20-10-3-5-12-22(20)31)25-24(19-9-7-8-14-27-19)28-26(33)30(25)21-11-4-6-13-23(21)32/h3-15,24-25,31-32H,1-2H3,(H,28,33)/t24-,25+/m1/s1. The van der Waals surface area contributed by atoms with Crippen LogP contribution in [0.1, 0.15) is 34.7 Å². The largest absolute Gasteiger partial charge is 0.506 e. The minimum absolute atomic E-state index is 0.155. The minimum atomic E-state index is -0.258. The van der Waals surface area contributed by atoms with Crippen LogP contribution < -0.4 is 10.2 Å². The van der Waals surface area contributed by atoms with Gasteiger partial charge in [-0.2, -0.15) is 0 Å². The van der Waals surface area contributed by atoms with Crippen molar-refractivity contribution >= 4 is 23.0 Å². The van der Waals surface area contributed by atoms with Crippen LogP contribution in [0.15, 0.2) is 79.0 Å². The smallest absolute Gasteiger partial charge is 0.174 e. The normalized spacial score (nSPS) is 17.9. The maximum atomic E-state index is 10.7. The maximum absolute atomic E-state index is 10.7. The molecule has 0 radical (unpaired) electrons. The molecule has 3 heterocycles. The van der Waals surface area contributed by atoms with Crippen LogP contribution in [0.5, 0.6) is 11.5 Å². The highest BCUT2D eigenvalue weighted by atomic mass is 32.1. The molecular formula is C26H24N4O2S. The van der Waals surface area contributed by atoms with Gasteiger partial charge in [-0.05, 0) is 74.1 Å². The van der Waals surface area contributed by atoms with Crippen LogP contribution in [0.3, 0.4) is 0 Å². The van der Waals surface area contributed by atoms with Crippen molar-refractivity contribution in [1.29, 1.82) is 0 Å². The van der Waals surface area contributed by atoms with E-state index in [4.69, 9.17) is 12.2 Å². The molecule has 7 heteroatoms. The lowest BCUT2D eigenvalue weighted by Gasteiger charge is -2.28. The second kappa shape index (κ2) is 8.26. The van der Waals surface area contributed by atoms with E-state index >= 15 is 0 Å². The first-order valence-corrected chi connectivity index (χ1v) is 11.1. The number of aromatic nitrogens is 2. The Morgan fingerprint density at radius 2 is 1.52 bits per heavy atom. The molecule has 2 atom stereocenters. The lowest BCUT2D eigenvalue weighted by molar-refractivity contribution is 0.471. The van der Waals surface area contributed by atoms with Crippen molar-refractivity contribution in [3.63, 3.8) is 0 Å². The van der Waals surface area contributed by atoms with Crippen molar-refractivity contribution in [3.8, 4) is 17.2 Å². The highest BCUT2D eigenvalue weighted by Crippen LogP contribution is 2.46. The number of aryl methyl sites for hydroxylation is 1. The molecule has 166 valence electrons. The fraction of sp³-hybridized carbons (Fsp3) is 0.154. The summed E-state index contributed by atoms with van der Waals surface area (Å²) in [6.07, 6.45) is 1.77. The van der Waals surface area contributed by atoms with Crippen LogP contribution in [0.25, 0.3) is 5.69 Å². The van der Waals surface area contributed by atoms with Crippen LogP contribution in [0, 0.1) is 13.8 Å². The third kappa shape index (κ3) is 3.50. The summed E-state index contributed by atoms with van der Waals surface area (Å²) in [5.41, 5.74) is 5.20. The predicted octanol–water partition coefficient (Wildman–Crippen LogP) is 5.08. The summed E-state index contributed by atoms with van der Waals surface area (Å²) >= 11 is 5.76. The van der Waals surface area contributed by atoms with E-state index in [1.807, 2.05) is 71.8 Å². The molecule has 0 unspecified atom stereocenters. The summed E-state index contributed by atoms with van der Waals surface area (Å²) in [6.45, 7) is 4.05. The first-order chi connectivity index (χ1) is 16.0. The molecule has 3 N–H and O–H groups in total. The second-order valence-electron chi connectivity index (χ2n) is 8.14. The van der Waals surface area contributed by atoms with Gasteiger partial charge >= 0.3 is 0 Å². The van der Waals surface area contributed by atoms with Gasteiger partial charge in [-0.25, -0.2) is 0 Å². The summed E-state index contributed by atoms with van der Waals surface area (Å²) < 4.78 is 2.05. The van der Waals surface area contributed by atoms with Crippen LogP contribution in [0.4, 0.5) is 5.69 Å². The molecule has 1 aliphatic heterocycles. The molecule has 0 bridgehead atoms. The molecule has 1 fully saturated rings. The fourth-order valence-electron chi connectivity index (χ4n) is 4.71. The summed E-state index contributed by atoms with van der Waals surface area (Å²) in [5.74, 6) is 0.368. The molecule has 5 rings (SSSR count). The summed E-state index contributed by atoms with van der Waals surface area (Å²) in [5, 5.41) is 25.1. The number of phenolic OH excluding ortho intramolecular Hbond substituents is 2. The molecule has 6 nitrogen and oxygen atoms in total. The van der Waals surface area contributed by atoms with E-state index in [1.165, 1.54) is 0 Å². The molecule has 1 saturated heterocycles. The van der Waals surface area contributed by atoms with Crippen molar-refractivity contribution < 1.29 is 10.2 Å². The maximum Gasteiger partial charge on any atom is 0.174 e. The Balaban J connectivity index is 1.71. The molecule has 33 heavy (non-hydrogen) atoms. The molecule has 0 spiro atoms. The lowest BCUT2D eigenvalue weighted by atomic mass is 9.96. The highest BCUT2D eigenvalue weighted by Gasteiger charge is 2.43. The van der Waals surface area contributed by atoms with E-state index in [0.29, 0.717) is 10.8 Å². The first kappa shape index (κ1) is 21.0. The Labute approximate surface area is 197 Å². The van der Waals surface area contributed by atoms with Crippen molar-refractivity contribution in [2.75, 3.05) is 4.90 Å². The Bertz CT molecular complexity index is 1340. The van der Waals surface area contributed by atoms with Gasteiger partial charge in [-0.1, -0.05) is 30.3 Å². The lowest BCUT2D eigenvalue weighted by Crippen LogP contribution is -2.29. The Morgan fingerprint density at radius 3 is 2.15 bits per heavy atom. The number of thiocarbonyl (C=S) groups is 1. The second-order valence-corrected chi connectivity index (χ2v) is 8.52. The molecule has 1 aliphatic rings. The quantitative estimate of drug-likeness (QED) is 0.372. The van der Waals surface area contributed by atoms with E-state index in [1.54, 1.807) is 24.4 Å². The summed E-state index contributed by atoms with van der Waals surface area (Å²) in [7, 11) is 0. The monoisotopic (exact) mass is 456 g/mol. The van der Waals surface area contributed by atoms with Crippen molar-refractivity contribution in [1.82, 2.24) is 14.9 Å². The molecule has 2 aromatic carbocycles. The summed E-state index contributed by atoms with van der Waals surface area (Å²) in [6, 6.07) is 21.9. The van der Waals surface area contributed by atoms with E-state index in [0.717, 1.165) is 28.3 Å². The average molecular weight is 457 g/mol. The zero-order chi connectivity index (χ0) is 23.1. The number of hydrogen-bond acceptors (Lipinski definition) is 4. The van der Waals surface area contributed by atoms with E-state index < -0.39 is 0 Å². The van der Waals surface area contributed by atoms with Gasteiger partial charge < -0.3 is 25.0 Å².